The Hall–Kier alpha value is -2.07. The number of carbonyl (C=O) groups excluding carboxylic acids is 1. The Labute approximate surface area is 169 Å². The van der Waals surface area contributed by atoms with Crippen LogP contribution in [0, 0.1) is 0 Å². The molecule has 4 heterocycles. The molecule has 1 aliphatic rings. The van der Waals surface area contributed by atoms with Gasteiger partial charge in [0.1, 0.15) is 5.69 Å². The Bertz CT molecular complexity index is 1010. The van der Waals surface area contributed by atoms with Crippen LogP contribution >= 0.6 is 27.7 Å². The van der Waals surface area contributed by atoms with Crippen LogP contribution in [-0.2, 0) is 26.6 Å². The fraction of sp³-hybridized carbons (Fsp3) is 0.412. The lowest BCUT2D eigenvalue weighted by Crippen LogP contribution is -2.36. The Kier molecular flexibility index (Phi) is 4.85. The summed E-state index contributed by atoms with van der Waals surface area (Å²) < 4.78 is 9.93. The Morgan fingerprint density at radius 1 is 1.37 bits per heavy atom. The van der Waals surface area contributed by atoms with E-state index in [2.05, 4.69) is 37.6 Å². The summed E-state index contributed by atoms with van der Waals surface area (Å²) in [5.74, 6) is 0.953. The van der Waals surface area contributed by atoms with Crippen LogP contribution < -0.4 is 0 Å². The van der Waals surface area contributed by atoms with E-state index in [1.54, 1.807) is 28.8 Å². The van der Waals surface area contributed by atoms with Gasteiger partial charge in [-0.2, -0.15) is 5.10 Å². The minimum Gasteiger partial charge on any atom is -0.444 e. The number of furan rings is 1. The number of fused-ring (bicyclic) bond motifs is 1. The molecule has 4 rings (SSSR count). The zero-order valence-corrected chi connectivity index (χ0v) is 17.7. The van der Waals surface area contributed by atoms with Crippen molar-refractivity contribution in [2.45, 2.75) is 31.6 Å². The van der Waals surface area contributed by atoms with Crippen molar-refractivity contribution in [1.29, 1.82) is 0 Å². The normalized spacial score (nSPS) is 13.9. The second-order valence-electron chi connectivity index (χ2n) is 6.23. The van der Waals surface area contributed by atoms with E-state index in [1.165, 1.54) is 0 Å². The second kappa shape index (κ2) is 7.16. The molecule has 3 aromatic heterocycles. The Morgan fingerprint density at radius 3 is 2.85 bits per heavy atom. The molecule has 0 bridgehead atoms. The lowest BCUT2D eigenvalue weighted by atomic mass is 10.0. The van der Waals surface area contributed by atoms with Gasteiger partial charge in [0.05, 0.1) is 6.54 Å². The van der Waals surface area contributed by atoms with Crippen molar-refractivity contribution >= 4 is 33.6 Å². The highest BCUT2D eigenvalue weighted by Crippen LogP contribution is 2.31. The molecule has 8 nitrogen and oxygen atoms in total. The van der Waals surface area contributed by atoms with Crippen LogP contribution in [0.25, 0.3) is 11.5 Å². The Balaban J connectivity index is 1.71. The van der Waals surface area contributed by atoms with Crippen molar-refractivity contribution in [1.82, 2.24) is 29.4 Å². The van der Waals surface area contributed by atoms with Crippen LogP contribution in [0.2, 0.25) is 0 Å². The molecule has 1 amide bonds. The van der Waals surface area contributed by atoms with Gasteiger partial charge < -0.3 is 13.9 Å². The maximum absolute atomic E-state index is 12.8. The second-order valence-corrected chi connectivity index (χ2v) is 7.79. The van der Waals surface area contributed by atoms with E-state index >= 15 is 0 Å². The van der Waals surface area contributed by atoms with Gasteiger partial charge in [-0.05, 0) is 41.2 Å². The van der Waals surface area contributed by atoms with Crippen LogP contribution in [0.3, 0.4) is 0 Å². The third-order valence-electron chi connectivity index (χ3n) is 4.74. The fourth-order valence-corrected chi connectivity index (χ4v) is 4.30. The van der Waals surface area contributed by atoms with E-state index in [1.807, 2.05) is 18.0 Å². The van der Waals surface area contributed by atoms with Crippen molar-refractivity contribution in [2.75, 3.05) is 12.8 Å². The van der Waals surface area contributed by atoms with Crippen LogP contribution in [-0.4, -0.2) is 48.2 Å². The van der Waals surface area contributed by atoms with E-state index in [0.29, 0.717) is 23.5 Å². The fourth-order valence-electron chi connectivity index (χ4n) is 3.43. The van der Waals surface area contributed by atoms with Gasteiger partial charge in [0.25, 0.3) is 5.91 Å². The van der Waals surface area contributed by atoms with E-state index in [9.17, 15) is 4.79 Å². The summed E-state index contributed by atoms with van der Waals surface area (Å²) in [6.45, 7) is 3.92. The number of thioether (sulfide) groups is 1. The summed E-state index contributed by atoms with van der Waals surface area (Å²) in [6.07, 6.45) is 2.72. The molecule has 0 unspecified atom stereocenters. The maximum Gasteiger partial charge on any atom is 0.289 e. The van der Waals surface area contributed by atoms with Crippen molar-refractivity contribution in [3.8, 4) is 11.5 Å². The van der Waals surface area contributed by atoms with Gasteiger partial charge in [-0.25, -0.2) is 0 Å². The van der Waals surface area contributed by atoms with E-state index in [0.717, 1.165) is 40.9 Å². The third kappa shape index (κ3) is 3.10. The van der Waals surface area contributed by atoms with Crippen molar-refractivity contribution in [2.24, 2.45) is 7.05 Å². The monoisotopic (exact) mass is 450 g/mol. The van der Waals surface area contributed by atoms with Gasteiger partial charge in [0.15, 0.2) is 21.4 Å². The van der Waals surface area contributed by atoms with Crippen molar-refractivity contribution in [3.63, 3.8) is 0 Å². The van der Waals surface area contributed by atoms with Gasteiger partial charge in [0, 0.05) is 37.8 Å². The number of hydrogen-bond donors (Lipinski definition) is 0. The van der Waals surface area contributed by atoms with Gasteiger partial charge in [-0.3, -0.25) is 9.48 Å². The highest BCUT2D eigenvalue weighted by molar-refractivity contribution is 9.10. The SMILES string of the molecule is CCn1c(SC)nnc1-c1nn(C)c2c1CN(C(=O)c1ccc(Br)o1)CC2. The number of rotatable bonds is 4. The molecule has 0 saturated heterocycles. The van der Waals surface area contributed by atoms with Gasteiger partial charge in [0.2, 0.25) is 0 Å². The van der Waals surface area contributed by atoms with Crippen molar-refractivity contribution in [3.05, 3.63) is 33.8 Å². The highest BCUT2D eigenvalue weighted by atomic mass is 79.9. The van der Waals surface area contributed by atoms with Crippen LogP contribution in [0.5, 0.6) is 0 Å². The lowest BCUT2D eigenvalue weighted by molar-refractivity contribution is 0.0700. The zero-order valence-electron chi connectivity index (χ0n) is 15.3. The molecule has 0 aromatic carbocycles. The molecule has 1 aliphatic heterocycles. The molecular formula is C17H19BrN6O2S. The number of hydrogen-bond acceptors (Lipinski definition) is 6. The molecule has 0 fully saturated rings. The summed E-state index contributed by atoms with van der Waals surface area (Å²) in [5.41, 5.74) is 2.95. The minimum absolute atomic E-state index is 0.122. The first kappa shape index (κ1) is 18.3. The molecule has 0 N–H and O–H groups in total. The van der Waals surface area contributed by atoms with E-state index in [4.69, 9.17) is 9.52 Å². The largest absolute Gasteiger partial charge is 0.444 e. The summed E-state index contributed by atoms with van der Waals surface area (Å²) in [4.78, 5) is 14.6. The van der Waals surface area contributed by atoms with Gasteiger partial charge in [-0.1, -0.05) is 11.8 Å². The molecule has 0 radical (unpaired) electrons. The molecule has 0 saturated carbocycles. The first-order chi connectivity index (χ1) is 13.0. The number of amides is 1. The number of aryl methyl sites for hydroxylation is 1. The quantitative estimate of drug-likeness (QED) is 0.568. The molecule has 0 spiro atoms. The standard InChI is InChI=1S/C17H19BrN6O2S/c1-4-24-15(19-20-17(24)27-3)14-10-9-23(8-7-11(10)22(2)21-14)16(25)12-5-6-13(18)26-12/h5-6H,4,7-9H2,1-3H3. The predicted octanol–water partition coefficient (Wildman–Crippen LogP) is 2.97. The molecule has 0 atom stereocenters. The first-order valence-electron chi connectivity index (χ1n) is 8.60. The average Bonchev–Trinajstić information content (AvgIpc) is 3.37. The zero-order chi connectivity index (χ0) is 19.1. The van der Waals surface area contributed by atoms with E-state index in [-0.39, 0.29) is 5.91 Å². The number of carbonyl (C=O) groups is 1. The summed E-state index contributed by atoms with van der Waals surface area (Å²) in [6, 6.07) is 3.41. The van der Waals surface area contributed by atoms with Crippen LogP contribution in [0.4, 0.5) is 0 Å². The minimum atomic E-state index is -0.122. The van der Waals surface area contributed by atoms with Crippen molar-refractivity contribution < 1.29 is 9.21 Å². The number of halogens is 1. The summed E-state index contributed by atoms with van der Waals surface area (Å²) in [7, 11) is 1.94. The molecule has 10 heteroatoms. The van der Waals surface area contributed by atoms with Gasteiger partial charge in [-0.15, -0.1) is 10.2 Å². The van der Waals surface area contributed by atoms with Crippen LogP contribution in [0.15, 0.2) is 26.4 Å². The molecule has 142 valence electrons. The lowest BCUT2D eigenvalue weighted by Gasteiger charge is -2.26. The topological polar surface area (TPSA) is 82.0 Å². The molecular weight excluding hydrogens is 432 g/mol. The molecule has 3 aromatic rings. The molecule has 27 heavy (non-hydrogen) atoms. The van der Waals surface area contributed by atoms with E-state index < -0.39 is 0 Å². The summed E-state index contributed by atoms with van der Waals surface area (Å²) >= 11 is 4.81. The highest BCUT2D eigenvalue weighted by Gasteiger charge is 2.30. The predicted molar refractivity (Wildman–Crippen MR) is 105 cm³/mol. The number of aromatic nitrogens is 5. The Morgan fingerprint density at radius 2 is 2.19 bits per heavy atom. The first-order valence-corrected chi connectivity index (χ1v) is 10.6. The molecule has 0 aliphatic carbocycles. The van der Waals surface area contributed by atoms with Crippen LogP contribution in [0.1, 0.15) is 28.7 Å². The smallest absolute Gasteiger partial charge is 0.289 e. The third-order valence-corrected chi connectivity index (χ3v) is 5.83. The average molecular weight is 451 g/mol. The maximum atomic E-state index is 12.8. The number of nitrogens with zero attached hydrogens (tertiary/aromatic N) is 6. The summed E-state index contributed by atoms with van der Waals surface area (Å²) in [5, 5.41) is 14.2. The van der Waals surface area contributed by atoms with Gasteiger partial charge >= 0.3 is 0 Å².